The molecule has 1 unspecified atom stereocenters. The van der Waals surface area contributed by atoms with Gasteiger partial charge in [-0.25, -0.2) is 15.0 Å². The van der Waals surface area contributed by atoms with Crippen molar-refractivity contribution in [3.63, 3.8) is 0 Å². The average molecular weight is 329 g/mol. The summed E-state index contributed by atoms with van der Waals surface area (Å²) in [6.45, 7) is 6.94. The largest absolute Gasteiger partial charge is 0.481 e. The third-order valence-electron chi connectivity index (χ3n) is 5.16. The second-order valence-corrected chi connectivity index (χ2v) is 7.09. The molecule has 0 saturated carbocycles. The van der Waals surface area contributed by atoms with Crippen LogP contribution in [0.1, 0.15) is 23.1 Å². The highest BCUT2D eigenvalue weighted by Crippen LogP contribution is 2.48. The van der Waals surface area contributed by atoms with E-state index in [-0.39, 0.29) is 5.41 Å². The van der Waals surface area contributed by atoms with Gasteiger partial charge in [0.1, 0.15) is 12.2 Å². The minimum absolute atomic E-state index is 0.242. The van der Waals surface area contributed by atoms with E-state index in [0.29, 0.717) is 11.8 Å². The molecule has 4 heterocycles. The topological polar surface area (TPSA) is 83.1 Å². The van der Waals surface area contributed by atoms with Gasteiger partial charge in [-0.15, -0.1) is 0 Å². The third-order valence-corrected chi connectivity index (χ3v) is 5.16. The van der Waals surface area contributed by atoms with E-state index in [0.717, 1.165) is 49.9 Å². The van der Waals surface area contributed by atoms with E-state index in [4.69, 9.17) is 4.74 Å². The van der Waals surface area contributed by atoms with Crippen LogP contribution in [0.25, 0.3) is 0 Å². The van der Waals surface area contributed by atoms with Gasteiger partial charge in [-0.1, -0.05) is 0 Å². The molecule has 8 nitrogen and oxygen atoms in total. The number of likely N-dealkylation sites (tertiary alicyclic amines) is 2. The van der Waals surface area contributed by atoms with Crippen molar-refractivity contribution in [3.8, 4) is 5.88 Å². The first-order valence-corrected chi connectivity index (χ1v) is 8.22. The maximum absolute atomic E-state index is 5.33. The first kappa shape index (κ1) is 15.5. The molecule has 1 atom stereocenters. The van der Waals surface area contributed by atoms with Gasteiger partial charge in [0.05, 0.1) is 7.11 Å². The van der Waals surface area contributed by atoms with E-state index in [1.165, 1.54) is 6.33 Å². The quantitative estimate of drug-likeness (QED) is 0.871. The first-order chi connectivity index (χ1) is 11.6. The molecule has 2 saturated heterocycles. The summed E-state index contributed by atoms with van der Waals surface area (Å²) in [5, 5.41) is 7.41. The van der Waals surface area contributed by atoms with Crippen LogP contribution in [0.5, 0.6) is 5.88 Å². The summed E-state index contributed by atoms with van der Waals surface area (Å²) in [6, 6.07) is 0. The van der Waals surface area contributed by atoms with Crippen molar-refractivity contribution in [1.29, 1.82) is 0 Å². The highest BCUT2D eigenvalue weighted by Gasteiger charge is 2.55. The van der Waals surface area contributed by atoms with Gasteiger partial charge in [0.25, 0.3) is 0 Å². The standard InChI is InChI=1S/C16H23N7O/c1-11-19-14(21-20-11)13-6-22(2)7-16(13)8-23(9-16)5-12-4-17-10-18-15(12)24-3/h4,10,13H,5-9H2,1-3H3,(H,19,20,21). The zero-order valence-corrected chi connectivity index (χ0v) is 14.4. The second kappa shape index (κ2) is 5.78. The van der Waals surface area contributed by atoms with Gasteiger partial charge in [0, 0.05) is 55.8 Å². The van der Waals surface area contributed by atoms with E-state index in [2.05, 4.69) is 42.0 Å². The Balaban J connectivity index is 1.48. The van der Waals surface area contributed by atoms with Gasteiger partial charge in [-0.3, -0.25) is 10.00 Å². The molecule has 0 bridgehead atoms. The van der Waals surface area contributed by atoms with Gasteiger partial charge in [-0.2, -0.15) is 5.10 Å². The SMILES string of the molecule is COc1ncncc1CN1CC2(CN(C)CC2c2n[nH]c(C)n2)C1. The Kier molecular flexibility index (Phi) is 3.73. The molecule has 4 rings (SSSR count). The molecule has 0 amide bonds. The van der Waals surface area contributed by atoms with Crippen LogP contribution in [-0.2, 0) is 6.54 Å². The van der Waals surface area contributed by atoms with Crippen molar-refractivity contribution in [1.82, 2.24) is 34.9 Å². The normalized spacial score (nSPS) is 23.5. The summed E-state index contributed by atoms with van der Waals surface area (Å²) < 4.78 is 5.33. The number of hydrogen-bond donors (Lipinski definition) is 1. The predicted octanol–water partition coefficient (Wildman–Crippen LogP) is 0.443. The van der Waals surface area contributed by atoms with Crippen LogP contribution >= 0.6 is 0 Å². The van der Waals surface area contributed by atoms with Crippen molar-refractivity contribution in [2.45, 2.75) is 19.4 Å². The van der Waals surface area contributed by atoms with E-state index in [1.807, 2.05) is 13.1 Å². The molecule has 128 valence electrons. The van der Waals surface area contributed by atoms with E-state index in [9.17, 15) is 0 Å². The summed E-state index contributed by atoms with van der Waals surface area (Å²) in [5.41, 5.74) is 1.28. The molecule has 2 aromatic heterocycles. The van der Waals surface area contributed by atoms with Crippen molar-refractivity contribution in [2.24, 2.45) is 5.41 Å². The molecule has 24 heavy (non-hydrogen) atoms. The van der Waals surface area contributed by atoms with Crippen molar-refractivity contribution in [3.05, 3.63) is 29.7 Å². The Labute approximate surface area is 141 Å². The number of aromatic nitrogens is 5. The van der Waals surface area contributed by atoms with Crippen molar-refractivity contribution < 1.29 is 4.74 Å². The number of rotatable bonds is 4. The van der Waals surface area contributed by atoms with E-state index >= 15 is 0 Å². The lowest BCUT2D eigenvalue weighted by molar-refractivity contribution is -0.00999. The average Bonchev–Trinajstić information content (AvgIpc) is 3.11. The lowest BCUT2D eigenvalue weighted by Crippen LogP contribution is -2.59. The fourth-order valence-electron chi connectivity index (χ4n) is 4.25. The zero-order valence-electron chi connectivity index (χ0n) is 14.4. The lowest BCUT2D eigenvalue weighted by atomic mass is 9.71. The lowest BCUT2D eigenvalue weighted by Gasteiger charge is -2.50. The van der Waals surface area contributed by atoms with Crippen LogP contribution in [0.2, 0.25) is 0 Å². The molecule has 0 aromatic carbocycles. The van der Waals surface area contributed by atoms with Crippen LogP contribution < -0.4 is 4.74 Å². The second-order valence-electron chi connectivity index (χ2n) is 7.09. The number of aromatic amines is 1. The number of aryl methyl sites for hydroxylation is 1. The molecule has 8 heteroatoms. The zero-order chi connectivity index (χ0) is 16.7. The van der Waals surface area contributed by atoms with Crippen LogP contribution in [-0.4, -0.2) is 75.3 Å². The Morgan fingerprint density at radius 2 is 2.21 bits per heavy atom. The van der Waals surface area contributed by atoms with Crippen LogP contribution in [0.15, 0.2) is 12.5 Å². The number of methoxy groups -OCH3 is 1. The van der Waals surface area contributed by atoms with Crippen molar-refractivity contribution in [2.75, 3.05) is 40.3 Å². The number of H-pyrrole nitrogens is 1. The van der Waals surface area contributed by atoms with Crippen LogP contribution in [0.4, 0.5) is 0 Å². The summed E-state index contributed by atoms with van der Waals surface area (Å²) in [4.78, 5) is 17.7. The maximum atomic E-state index is 5.33. The Morgan fingerprint density at radius 3 is 2.92 bits per heavy atom. The van der Waals surface area contributed by atoms with Crippen molar-refractivity contribution >= 4 is 0 Å². The van der Waals surface area contributed by atoms with Gasteiger partial charge in [-0.05, 0) is 14.0 Å². The summed E-state index contributed by atoms with van der Waals surface area (Å²) in [7, 11) is 3.83. The van der Waals surface area contributed by atoms with Crippen LogP contribution in [0, 0.1) is 12.3 Å². The summed E-state index contributed by atoms with van der Waals surface area (Å²) in [6.07, 6.45) is 3.36. The Morgan fingerprint density at radius 1 is 1.38 bits per heavy atom. The monoisotopic (exact) mass is 329 g/mol. The fraction of sp³-hybridized carbons (Fsp3) is 0.625. The molecule has 2 fully saturated rings. The predicted molar refractivity (Wildman–Crippen MR) is 87.7 cm³/mol. The fourth-order valence-corrected chi connectivity index (χ4v) is 4.25. The minimum atomic E-state index is 0.242. The smallest absolute Gasteiger partial charge is 0.220 e. The molecule has 0 radical (unpaired) electrons. The Hall–Kier alpha value is -2.06. The minimum Gasteiger partial charge on any atom is -0.481 e. The number of hydrogen-bond acceptors (Lipinski definition) is 7. The molecular formula is C16H23N7O. The van der Waals surface area contributed by atoms with E-state index < -0.39 is 0 Å². The van der Waals surface area contributed by atoms with Gasteiger partial charge in [0.2, 0.25) is 5.88 Å². The van der Waals surface area contributed by atoms with Gasteiger partial charge in [0.15, 0.2) is 5.82 Å². The molecular weight excluding hydrogens is 306 g/mol. The number of nitrogens with zero attached hydrogens (tertiary/aromatic N) is 6. The molecule has 1 N–H and O–H groups in total. The molecule has 0 aliphatic carbocycles. The molecule has 1 spiro atoms. The van der Waals surface area contributed by atoms with E-state index in [1.54, 1.807) is 7.11 Å². The number of likely N-dealkylation sites (N-methyl/N-ethyl adjacent to an activating group) is 1. The highest BCUT2D eigenvalue weighted by atomic mass is 16.5. The molecule has 2 aliphatic heterocycles. The van der Waals surface area contributed by atoms with Crippen LogP contribution in [0.3, 0.4) is 0 Å². The molecule has 2 aromatic rings. The molecule has 2 aliphatic rings. The number of ether oxygens (including phenoxy) is 1. The Bertz CT molecular complexity index is 725. The summed E-state index contributed by atoms with van der Waals surface area (Å²) >= 11 is 0. The maximum Gasteiger partial charge on any atom is 0.220 e. The first-order valence-electron chi connectivity index (χ1n) is 8.22. The van der Waals surface area contributed by atoms with Gasteiger partial charge < -0.3 is 9.64 Å². The number of nitrogens with one attached hydrogen (secondary N) is 1. The summed E-state index contributed by atoms with van der Waals surface area (Å²) in [5.74, 6) is 2.89. The third kappa shape index (κ3) is 2.55. The van der Waals surface area contributed by atoms with Gasteiger partial charge >= 0.3 is 0 Å². The highest BCUT2D eigenvalue weighted by molar-refractivity contribution is 5.24.